The van der Waals surface area contributed by atoms with Crippen LogP contribution in [-0.2, 0) is 10.2 Å². The Bertz CT molecular complexity index is 815. The Kier molecular flexibility index (Phi) is 5.71. The molecule has 1 saturated heterocycles. The Morgan fingerprint density at radius 1 is 0.889 bits per heavy atom. The number of piperazine rings is 1. The maximum Gasteiger partial charge on any atom is 0.322 e. The van der Waals surface area contributed by atoms with Crippen LogP contribution >= 0.6 is 11.6 Å². The standard InChI is InChI=1S/C21H24ClN3O2/c1-21(2,16-8-4-3-5-9-16)19(26)24-12-14-25(15-13-24)20(27)23-18-11-7-6-10-17(18)22/h3-11H,12-15H2,1-2H3,(H,23,27). The summed E-state index contributed by atoms with van der Waals surface area (Å²) in [5.41, 5.74) is 0.991. The van der Waals surface area contributed by atoms with Crippen LogP contribution in [0.3, 0.4) is 0 Å². The number of para-hydroxylation sites is 1. The predicted molar refractivity (Wildman–Crippen MR) is 108 cm³/mol. The number of hydrogen-bond acceptors (Lipinski definition) is 2. The van der Waals surface area contributed by atoms with E-state index in [-0.39, 0.29) is 11.9 Å². The van der Waals surface area contributed by atoms with Gasteiger partial charge < -0.3 is 15.1 Å². The summed E-state index contributed by atoms with van der Waals surface area (Å²) in [4.78, 5) is 29.0. The molecular formula is C21H24ClN3O2. The van der Waals surface area contributed by atoms with E-state index in [1.165, 1.54) is 0 Å². The van der Waals surface area contributed by atoms with Gasteiger partial charge in [-0.1, -0.05) is 54.1 Å². The first-order valence-electron chi connectivity index (χ1n) is 9.05. The lowest BCUT2D eigenvalue weighted by Gasteiger charge is -2.38. The molecule has 1 aliphatic rings. The third kappa shape index (κ3) is 4.25. The maximum atomic E-state index is 13.0. The van der Waals surface area contributed by atoms with E-state index in [1.807, 2.05) is 61.2 Å². The van der Waals surface area contributed by atoms with Crippen molar-refractivity contribution in [3.63, 3.8) is 0 Å². The molecule has 0 unspecified atom stereocenters. The minimum absolute atomic E-state index is 0.0832. The largest absolute Gasteiger partial charge is 0.338 e. The molecule has 1 N–H and O–H groups in total. The average molecular weight is 386 g/mol. The third-order valence-electron chi connectivity index (χ3n) is 5.00. The molecule has 1 heterocycles. The fourth-order valence-electron chi connectivity index (χ4n) is 3.24. The van der Waals surface area contributed by atoms with Gasteiger partial charge in [-0.3, -0.25) is 4.79 Å². The monoisotopic (exact) mass is 385 g/mol. The van der Waals surface area contributed by atoms with Crippen molar-refractivity contribution < 1.29 is 9.59 Å². The highest BCUT2D eigenvalue weighted by Crippen LogP contribution is 2.26. The van der Waals surface area contributed by atoms with Crippen LogP contribution in [0.5, 0.6) is 0 Å². The van der Waals surface area contributed by atoms with Gasteiger partial charge in [-0.25, -0.2) is 4.79 Å². The Morgan fingerprint density at radius 2 is 1.44 bits per heavy atom. The fourth-order valence-corrected chi connectivity index (χ4v) is 3.43. The summed E-state index contributed by atoms with van der Waals surface area (Å²) >= 11 is 6.09. The van der Waals surface area contributed by atoms with E-state index in [0.29, 0.717) is 36.9 Å². The van der Waals surface area contributed by atoms with E-state index in [4.69, 9.17) is 11.6 Å². The summed E-state index contributed by atoms with van der Waals surface area (Å²) in [7, 11) is 0. The summed E-state index contributed by atoms with van der Waals surface area (Å²) in [5, 5.41) is 3.34. The van der Waals surface area contributed by atoms with Gasteiger partial charge in [0, 0.05) is 26.2 Å². The molecule has 1 aliphatic heterocycles. The third-order valence-corrected chi connectivity index (χ3v) is 5.33. The number of nitrogens with one attached hydrogen (secondary N) is 1. The van der Waals surface area contributed by atoms with E-state index in [2.05, 4.69) is 5.32 Å². The first-order chi connectivity index (χ1) is 12.9. The second-order valence-corrected chi connectivity index (χ2v) is 7.59. The Morgan fingerprint density at radius 3 is 2.07 bits per heavy atom. The van der Waals surface area contributed by atoms with Crippen molar-refractivity contribution in [3.05, 3.63) is 65.2 Å². The van der Waals surface area contributed by atoms with Crippen molar-refractivity contribution in [3.8, 4) is 0 Å². The Balaban J connectivity index is 1.59. The number of rotatable bonds is 3. The van der Waals surface area contributed by atoms with Crippen molar-refractivity contribution in [1.82, 2.24) is 9.80 Å². The number of carbonyl (C=O) groups excluding carboxylic acids is 2. The Hall–Kier alpha value is -2.53. The summed E-state index contributed by atoms with van der Waals surface area (Å²) in [6.45, 7) is 5.91. The SMILES string of the molecule is CC(C)(C(=O)N1CCN(C(=O)Nc2ccccc2Cl)CC1)c1ccccc1. The lowest BCUT2D eigenvalue weighted by atomic mass is 9.83. The average Bonchev–Trinajstić information content (AvgIpc) is 2.70. The number of urea groups is 1. The lowest BCUT2D eigenvalue weighted by molar-refractivity contribution is -0.137. The first kappa shape index (κ1) is 19.2. The van der Waals surface area contributed by atoms with Gasteiger partial charge in [-0.2, -0.15) is 0 Å². The molecule has 0 spiro atoms. The van der Waals surface area contributed by atoms with Crippen LogP contribution in [0, 0.1) is 0 Å². The van der Waals surface area contributed by atoms with Gasteiger partial charge in [0.2, 0.25) is 5.91 Å². The highest BCUT2D eigenvalue weighted by Gasteiger charge is 2.35. The number of anilines is 1. The molecule has 3 amide bonds. The zero-order valence-electron chi connectivity index (χ0n) is 15.6. The van der Waals surface area contributed by atoms with E-state index in [9.17, 15) is 9.59 Å². The molecule has 2 aromatic carbocycles. The summed E-state index contributed by atoms with van der Waals surface area (Å²) in [5.74, 6) is 0.0832. The fraction of sp³-hybridized carbons (Fsp3) is 0.333. The number of benzene rings is 2. The number of carbonyl (C=O) groups is 2. The van der Waals surface area contributed by atoms with Crippen molar-refractivity contribution in [1.29, 1.82) is 0 Å². The molecule has 3 rings (SSSR count). The molecule has 27 heavy (non-hydrogen) atoms. The minimum Gasteiger partial charge on any atom is -0.338 e. The quantitative estimate of drug-likeness (QED) is 0.868. The number of halogens is 1. The van der Waals surface area contributed by atoms with Gasteiger partial charge >= 0.3 is 6.03 Å². The molecule has 2 aromatic rings. The summed E-state index contributed by atoms with van der Waals surface area (Å²) in [6, 6.07) is 16.7. The van der Waals surface area contributed by atoms with E-state index in [0.717, 1.165) is 5.56 Å². The molecule has 0 saturated carbocycles. The number of nitrogens with zero attached hydrogens (tertiary/aromatic N) is 2. The van der Waals surface area contributed by atoms with Crippen molar-refractivity contribution in [2.75, 3.05) is 31.5 Å². The molecule has 0 radical (unpaired) electrons. The molecule has 5 nitrogen and oxygen atoms in total. The van der Waals surface area contributed by atoms with Crippen LogP contribution < -0.4 is 5.32 Å². The molecule has 1 fully saturated rings. The molecule has 0 aromatic heterocycles. The predicted octanol–water partition coefficient (Wildman–Crippen LogP) is 3.99. The van der Waals surface area contributed by atoms with Crippen molar-refractivity contribution in [2.45, 2.75) is 19.3 Å². The van der Waals surface area contributed by atoms with Crippen LogP contribution in [0.1, 0.15) is 19.4 Å². The van der Waals surface area contributed by atoms with Crippen LogP contribution in [0.25, 0.3) is 0 Å². The topological polar surface area (TPSA) is 52.7 Å². The van der Waals surface area contributed by atoms with Gasteiger partial charge in [0.15, 0.2) is 0 Å². The molecular weight excluding hydrogens is 362 g/mol. The first-order valence-corrected chi connectivity index (χ1v) is 9.43. The molecule has 0 bridgehead atoms. The summed E-state index contributed by atoms with van der Waals surface area (Å²) < 4.78 is 0. The van der Waals surface area contributed by atoms with E-state index < -0.39 is 5.41 Å². The van der Waals surface area contributed by atoms with Crippen molar-refractivity contribution >= 4 is 29.2 Å². The highest BCUT2D eigenvalue weighted by atomic mass is 35.5. The van der Waals surface area contributed by atoms with Crippen LogP contribution in [0.15, 0.2) is 54.6 Å². The second-order valence-electron chi connectivity index (χ2n) is 7.18. The minimum atomic E-state index is -0.594. The van der Waals surface area contributed by atoms with Gasteiger partial charge in [-0.15, -0.1) is 0 Å². The zero-order valence-corrected chi connectivity index (χ0v) is 16.4. The van der Waals surface area contributed by atoms with Crippen LogP contribution in [0.2, 0.25) is 5.02 Å². The zero-order chi connectivity index (χ0) is 19.4. The number of hydrogen-bond donors (Lipinski definition) is 1. The summed E-state index contributed by atoms with van der Waals surface area (Å²) in [6.07, 6.45) is 0. The molecule has 6 heteroatoms. The second kappa shape index (κ2) is 8.01. The van der Waals surface area contributed by atoms with Crippen molar-refractivity contribution in [2.24, 2.45) is 0 Å². The Labute approximate surface area is 164 Å². The maximum absolute atomic E-state index is 13.0. The normalized spacial score (nSPS) is 14.8. The van der Waals surface area contributed by atoms with E-state index >= 15 is 0 Å². The van der Waals surface area contributed by atoms with Crippen LogP contribution in [-0.4, -0.2) is 47.9 Å². The van der Waals surface area contributed by atoms with Gasteiger partial charge in [-0.05, 0) is 31.5 Å². The lowest BCUT2D eigenvalue weighted by Crippen LogP contribution is -2.55. The smallest absolute Gasteiger partial charge is 0.322 e. The molecule has 0 atom stereocenters. The van der Waals surface area contributed by atoms with E-state index in [1.54, 1.807) is 17.0 Å². The van der Waals surface area contributed by atoms with Gasteiger partial charge in [0.1, 0.15) is 0 Å². The van der Waals surface area contributed by atoms with Gasteiger partial charge in [0.05, 0.1) is 16.1 Å². The number of amides is 3. The van der Waals surface area contributed by atoms with Gasteiger partial charge in [0.25, 0.3) is 0 Å². The molecule has 0 aliphatic carbocycles. The highest BCUT2D eigenvalue weighted by molar-refractivity contribution is 6.33. The van der Waals surface area contributed by atoms with Crippen LogP contribution in [0.4, 0.5) is 10.5 Å². The molecule has 142 valence electrons.